The SMILES string of the molecule is NC(C[C@H]1COC2(CCCCC2)O1)C(O)c1cc(F)c(F)cc1F. The molecule has 1 aliphatic heterocycles. The summed E-state index contributed by atoms with van der Waals surface area (Å²) in [6.07, 6.45) is 3.39. The monoisotopic (exact) mass is 345 g/mol. The average Bonchev–Trinajstić information content (AvgIpc) is 2.93. The van der Waals surface area contributed by atoms with Gasteiger partial charge in [0.2, 0.25) is 0 Å². The molecule has 2 unspecified atom stereocenters. The van der Waals surface area contributed by atoms with Crippen LogP contribution in [0.25, 0.3) is 0 Å². The van der Waals surface area contributed by atoms with Crippen LogP contribution >= 0.6 is 0 Å². The Labute approximate surface area is 138 Å². The molecule has 1 saturated heterocycles. The summed E-state index contributed by atoms with van der Waals surface area (Å²) in [6, 6.07) is 0.174. The molecule has 1 saturated carbocycles. The van der Waals surface area contributed by atoms with E-state index in [1.54, 1.807) is 0 Å². The predicted molar refractivity (Wildman–Crippen MR) is 80.5 cm³/mol. The van der Waals surface area contributed by atoms with Crippen LogP contribution in [0.1, 0.15) is 50.2 Å². The van der Waals surface area contributed by atoms with Gasteiger partial charge in [-0.25, -0.2) is 13.2 Å². The van der Waals surface area contributed by atoms with Crippen LogP contribution in [0.5, 0.6) is 0 Å². The minimum Gasteiger partial charge on any atom is -0.387 e. The zero-order valence-electron chi connectivity index (χ0n) is 13.3. The van der Waals surface area contributed by atoms with Crippen LogP contribution in [0.3, 0.4) is 0 Å². The molecule has 1 spiro atoms. The van der Waals surface area contributed by atoms with E-state index in [9.17, 15) is 18.3 Å². The predicted octanol–water partition coefficient (Wildman–Crippen LogP) is 2.93. The number of hydrogen-bond acceptors (Lipinski definition) is 4. The molecule has 1 aliphatic carbocycles. The van der Waals surface area contributed by atoms with Gasteiger partial charge in [0.1, 0.15) is 5.82 Å². The van der Waals surface area contributed by atoms with Crippen molar-refractivity contribution in [2.45, 2.75) is 62.6 Å². The van der Waals surface area contributed by atoms with Gasteiger partial charge < -0.3 is 20.3 Å². The summed E-state index contributed by atoms with van der Waals surface area (Å²) in [5.74, 6) is -4.10. The second kappa shape index (κ2) is 7.00. The number of ether oxygens (including phenoxy) is 2. The molecule has 2 aliphatic rings. The van der Waals surface area contributed by atoms with Gasteiger partial charge in [0.25, 0.3) is 0 Å². The van der Waals surface area contributed by atoms with Crippen LogP contribution < -0.4 is 5.73 Å². The fraction of sp³-hybridized carbons (Fsp3) is 0.647. The molecular weight excluding hydrogens is 323 g/mol. The second-order valence-corrected chi connectivity index (χ2v) is 6.65. The third-order valence-corrected chi connectivity index (χ3v) is 4.83. The van der Waals surface area contributed by atoms with Gasteiger partial charge in [-0.2, -0.15) is 0 Å². The quantitative estimate of drug-likeness (QED) is 0.824. The Bertz CT molecular complexity index is 593. The number of benzene rings is 1. The standard InChI is InChI=1S/C17H22F3NO3/c18-12-8-14(20)13(19)7-11(12)16(22)15(21)6-10-9-23-17(24-10)4-2-1-3-5-17/h7-8,10,15-16,22H,1-6,9,21H2/t10-,15?,16?/m0/s1. The summed E-state index contributed by atoms with van der Waals surface area (Å²) in [4.78, 5) is 0. The molecule has 1 aromatic carbocycles. The van der Waals surface area contributed by atoms with Crippen LogP contribution in [-0.4, -0.2) is 29.6 Å². The highest BCUT2D eigenvalue weighted by Gasteiger charge is 2.43. The van der Waals surface area contributed by atoms with E-state index in [1.165, 1.54) is 0 Å². The number of aliphatic hydroxyl groups excluding tert-OH is 1. The number of nitrogens with two attached hydrogens (primary N) is 1. The smallest absolute Gasteiger partial charge is 0.168 e. The van der Waals surface area contributed by atoms with Crippen LogP contribution in [0.15, 0.2) is 12.1 Å². The Morgan fingerprint density at radius 1 is 1.12 bits per heavy atom. The summed E-state index contributed by atoms with van der Waals surface area (Å²) in [5.41, 5.74) is 5.58. The number of aliphatic hydroxyl groups is 1. The maximum atomic E-state index is 13.8. The van der Waals surface area contributed by atoms with Gasteiger partial charge in [-0.15, -0.1) is 0 Å². The Hall–Kier alpha value is -1.15. The van der Waals surface area contributed by atoms with E-state index in [1.807, 2.05) is 0 Å². The molecule has 0 amide bonds. The highest BCUT2D eigenvalue weighted by Crippen LogP contribution is 2.39. The third kappa shape index (κ3) is 3.59. The van der Waals surface area contributed by atoms with Crippen molar-refractivity contribution in [3.63, 3.8) is 0 Å². The van der Waals surface area contributed by atoms with E-state index in [4.69, 9.17) is 15.2 Å². The van der Waals surface area contributed by atoms with Crippen molar-refractivity contribution in [2.75, 3.05) is 6.61 Å². The lowest BCUT2D eigenvalue weighted by molar-refractivity contribution is -0.188. The summed E-state index contributed by atoms with van der Waals surface area (Å²) >= 11 is 0. The van der Waals surface area contributed by atoms with Gasteiger partial charge in [-0.1, -0.05) is 6.42 Å². The molecule has 4 nitrogen and oxygen atoms in total. The van der Waals surface area contributed by atoms with E-state index >= 15 is 0 Å². The van der Waals surface area contributed by atoms with Crippen molar-refractivity contribution in [1.82, 2.24) is 0 Å². The van der Waals surface area contributed by atoms with E-state index in [0.717, 1.165) is 32.1 Å². The lowest BCUT2D eigenvalue weighted by Gasteiger charge is -2.32. The van der Waals surface area contributed by atoms with Crippen molar-refractivity contribution in [3.05, 3.63) is 35.1 Å². The average molecular weight is 345 g/mol. The van der Waals surface area contributed by atoms with Crippen molar-refractivity contribution >= 4 is 0 Å². The Morgan fingerprint density at radius 3 is 2.50 bits per heavy atom. The van der Waals surface area contributed by atoms with E-state index < -0.39 is 35.4 Å². The van der Waals surface area contributed by atoms with Crippen LogP contribution in [0.2, 0.25) is 0 Å². The molecule has 3 atom stereocenters. The van der Waals surface area contributed by atoms with E-state index in [0.29, 0.717) is 18.7 Å². The Balaban J connectivity index is 1.63. The van der Waals surface area contributed by atoms with E-state index in [2.05, 4.69) is 0 Å². The molecule has 0 aromatic heterocycles. The summed E-state index contributed by atoms with van der Waals surface area (Å²) < 4.78 is 51.8. The minimum atomic E-state index is -1.45. The summed E-state index contributed by atoms with van der Waals surface area (Å²) in [5, 5.41) is 10.2. The Morgan fingerprint density at radius 2 is 1.79 bits per heavy atom. The lowest BCUT2D eigenvalue weighted by Crippen LogP contribution is -2.36. The highest BCUT2D eigenvalue weighted by atomic mass is 19.2. The van der Waals surface area contributed by atoms with Gasteiger partial charge in [0.15, 0.2) is 17.4 Å². The maximum absolute atomic E-state index is 13.8. The highest BCUT2D eigenvalue weighted by molar-refractivity contribution is 5.23. The first-order chi connectivity index (χ1) is 11.4. The Kier molecular flexibility index (Phi) is 5.15. The van der Waals surface area contributed by atoms with Crippen molar-refractivity contribution in [3.8, 4) is 0 Å². The summed E-state index contributed by atoms with van der Waals surface area (Å²) in [7, 11) is 0. The maximum Gasteiger partial charge on any atom is 0.168 e. The van der Waals surface area contributed by atoms with Crippen molar-refractivity contribution in [2.24, 2.45) is 5.73 Å². The first-order valence-electron chi connectivity index (χ1n) is 8.30. The van der Waals surface area contributed by atoms with Gasteiger partial charge >= 0.3 is 0 Å². The van der Waals surface area contributed by atoms with Crippen LogP contribution in [-0.2, 0) is 9.47 Å². The lowest BCUT2D eigenvalue weighted by atomic mass is 9.94. The van der Waals surface area contributed by atoms with Gasteiger partial charge in [-0.3, -0.25) is 0 Å². The topological polar surface area (TPSA) is 64.7 Å². The number of rotatable bonds is 4. The first kappa shape index (κ1) is 17.7. The van der Waals surface area contributed by atoms with Gasteiger partial charge in [0.05, 0.1) is 18.8 Å². The zero-order valence-corrected chi connectivity index (χ0v) is 13.3. The van der Waals surface area contributed by atoms with E-state index in [-0.39, 0.29) is 18.1 Å². The molecule has 24 heavy (non-hydrogen) atoms. The fourth-order valence-corrected chi connectivity index (χ4v) is 3.51. The zero-order chi connectivity index (χ0) is 17.3. The third-order valence-electron chi connectivity index (χ3n) is 4.83. The molecule has 3 N–H and O–H groups in total. The van der Waals surface area contributed by atoms with Crippen LogP contribution in [0.4, 0.5) is 13.2 Å². The normalized spacial score (nSPS) is 25.8. The first-order valence-corrected chi connectivity index (χ1v) is 8.30. The molecule has 7 heteroatoms. The molecule has 1 heterocycles. The molecule has 0 bridgehead atoms. The second-order valence-electron chi connectivity index (χ2n) is 6.65. The van der Waals surface area contributed by atoms with Crippen molar-refractivity contribution < 1.29 is 27.8 Å². The molecule has 0 radical (unpaired) electrons. The largest absolute Gasteiger partial charge is 0.387 e. The molecule has 3 rings (SSSR count). The molecule has 134 valence electrons. The summed E-state index contributed by atoms with van der Waals surface area (Å²) in [6.45, 7) is 0.362. The van der Waals surface area contributed by atoms with Crippen LogP contribution in [0, 0.1) is 17.5 Å². The molecule has 1 aromatic rings. The van der Waals surface area contributed by atoms with Gasteiger partial charge in [0, 0.05) is 30.5 Å². The van der Waals surface area contributed by atoms with Gasteiger partial charge in [-0.05, 0) is 25.3 Å². The number of hydrogen-bond donors (Lipinski definition) is 2. The minimum absolute atomic E-state index is 0.237. The number of halogens is 3. The van der Waals surface area contributed by atoms with Crippen molar-refractivity contribution in [1.29, 1.82) is 0 Å². The fourth-order valence-electron chi connectivity index (χ4n) is 3.51. The molecular formula is C17H22F3NO3. The molecule has 2 fully saturated rings.